The van der Waals surface area contributed by atoms with Crippen LogP contribution < -0.4 is 4.74 Å². The Bertz CT molecular complexity index is 518. The molecule has 0 unspecified atom stereocenters. The number of ketones is 1. The van der Waals surface area contributed by atoms with E-state index in [2.05, 4.69) is 0 Å². The topological polar surface area (TPSA) is 26.3 Å². The van der Waals surface area contributed by atoms with Crippen molar-refractivity contribution in [2.75, 3.05) is 0 Å². The van der Waals surface area contributed by atoms with Gasteiger partial charge in [0.1, 0.15) is 18.1 Å². The fourth-order valence-corrected chi connectivity index (χ4v) is 1.79. The van der Waals surface area contributed by atoms with Crippen LogP contribution in [0.2, 0.25) is 0 Å². The Morgan fingerprint density at radius 2 is 1.67 bits per heavy atom. The number of Topliss-reactive ketones (excluding diaryl/α,β-unsaturated/α-hetero) is 1. The summed E-state index contributed by atoms with van der Waals surface area (Å²) in [4.78, 5) is 11.2. The van der Waals surface area contributed by atoms with Crippen LogP contribution in [0.25, 0.3) is 0 Å². The molecule has 0 bridgehead atoms. The van der Waals surface area contributed by atoms with Crippen LogP contribution in [0, 0.1) is 0 Å². The number of carbonyl (C=O) groups is 1. The van der Waals surface area contributed by atoms with Gasteiger partial charge < -0.3 is 4.74 Å². The van der Waals surface area contributed by atoms with Crippen molar-refractivity contribution >= 4 is 5.78 Å². The zero-order valence-electron chi connectivity index (χ0n) is 10.4. The van der Waals surface area contributed by atoms with Gasteiger partial charge in [-0.15, -0.1) is 0 Å². The predicted octanol–water partition coefficient (Wildman–Crippen LogP) is 3.40. The minimum absolute atomic E-state index is 0.144. The first kappa shape index (κ1) is 12.4. The zero-order chi connectivity index (χ0) is 12.8. The number of benzene rings is 2. The average Bonchev–Trinajstić information content (AvgIpc) is 2.38. The van der Waals surface area contributed by atoms with Gasteiger partial charge in [-0.05, 0) is 18.6 Å². The summed E-state index contributed by atoms with van der Waals surface area (Å²) in [6.07, 6.45) is 0.422. The largest absolute Gasteiger partial charge is 0.489 e. The van der Waals surface area contributed by atoms with E-state index in [1.54, 1.807) is 6.92 Å². The van der Waals surface area contributed by atoms with E-state index in [1.165, 1.54) is 0 Å². The first-order valence-electron chi connectivity index (χ1n) is 6.00. The van der Waals surface area contributed by atoms with Gasteiger partial charge in [-0.1, -0.05) is 48.5 Å². The lowest BCUT2D eigenvalue weighted by Crippen LogP contribution is -2.02. The standard InChI is InChI=1S/C16H16O2/c1-13(17)11-15-9-5-6-10-16(15)18-12-14-7-3-2-4-8-14/h2-10H,11-12H2,1H3. The molecule has 0 saturated carbocycles. The third-order valence-corrected chi connectivity index (χ3v) is 2.65. The lowest BCUT2D eigenvalue weighted by molar-refractivity contribution is -0.116. The summed E-state index contributed by atoms with van der Waals surface area (Å²) in [5.41, 5.74) is 2.07. The molecule has 0 atom stereocenters. The lowest BCUT2D eigenvalue weighted by Gasteiger charge is -2.10. The molecule has 0 N–H and O–H groups in total. The van der Waals surface area contributed by atoms with Crippen molar-refractivity contribution in [1.82, 2.24) is 0 Å². The van der Waals surface area contributed by atoms with Gasteiger partial charge in [0.05, 0.1) is 0 Å². The summed E-state index contributed by atoms with van der Waals surface area (Å²) in [7, 11) is 0. The van der Waals surface area contributed by atoms with Crippen molar-refractivity contribution in [2.45, 2.75) is 20.0 Å². The van der Waals surface area contributed by atoms with Crippen LogP contribution in [0.5, 0.6) is 5.75 Å². The molecule has 0 amide bonds. The molecule has 0 saturated heterocycles. The minimum Gasteiger partial charge on any atom is -0.489 e. The molecule has 2 aromatic carbocycles. The van der Waals surface area contributed by atoms with Crippen LogP contribution in [-0.2, 0) is 17.8 Å². The molecular weight excluding hydrogens is 224 g/mol. The molecule has 0 aliphatic rings. The molecule has 2 rings (SSSR count). The molecule has 92 valence electrons. The number of hydrogen-bond acceptors (Lipinski definition) is 2. The van der Waals surface area contributed by atoms with Gasteiger partial charge in [-0.3, -0.25) is 4.79 Å². The van der Waals surface area contributed by atoms with Crippen molar-refractivity contribution < 1.29 is 9.53 Å². The maximum atomic E-state index is 11.2. The molecular formula is C16H16O2. The fraction of sp³-hybridized carbons (Fsp3) is 0.188. The Hall–Kier alpha value is -2.09. The highest BCUT2D eigenvalue weighted by atomic mass is 16.5. The number of ether oxygens (including phenoxy) is 1. The summed E-state index contributed by atoms with van der Waals surface area (Å²) >= 11 is 0. The number of hydrogen-bond donors (Lipinski definition) is 0. The van der Waals surface area contributed by atoms with Crippen molar-refractivity contribution in [2.24, 2.45) is 0 Å². The minimum atomic E-state index is 0.144. The normalized spacial score (nSPS) is 10.1. The molecule has 0 aromatic heterocycles. The van der Waals surface area contributed by atoms with E-state index < -0.39 is 0 Å². The second-order valence-electron chi connectivity index (χ2n) is 4.26. The van der Waals surface area contributed by atoms with E-state index in [9.17, 15) is 4.79 Å². The predicted molar refractivity (Wildman–Crippen MR) is 71.6 cm³/mol. The van der Waals surface area contributed by atoms with E-state index in [0.29, 0.717) is 13.0 Å². The van der Waals surface area contributed by atoms with E-state index >= 15 is 0 Å². The first-order chi connectivity index (χ1) is 8.75. The maximum Gasteiger partial charge on any atom is 0.134 e. The Morgan fingerprint density at radius 3 is 2.39 bits per heavy atom. The van der Waals surface area contributed by atoms with Crippen LogP contribution in [0.3, 0.4) is 0 Å². The van der Waals surface area contributed by atoms with Crippen molar-refractivity contribution in [1.29, 1.82) is 0 Å². The molecule has 0 radical (unpaired) electrons. The number of rotatable bonds is 5. The monoisotopic (exact) mass is 240 g/mol. The third-order valence-electron chi connectivity index (χ3n) is 2.65. The second kappa shape index (κ2) is 6.01. The van der Waals surface area contributed by atoms with Gasteiger partial charge in [0.2, 0.25) is 0 Å². The highest BCUT2D eigenvalue weighted by Gasteiger charge is 2.05. The molecule has 0 spiro atoms. The van der Waals surface area contributed by atoms with E-state index in [0.717, 1.165) is 16.9 Å². The summed E-state index contributed by atoms with van der Waals surface area (Å²) in [6, 6.07) is 17.7. The molecule has 2 nitrogen and oxygen atoms in total. The molecule has 2 heteroatoms. The third kappa shape index (κ3) is 3.45. The molecule has 0 aliphatic carbocycles. The highest BCUT2D eigenvalue weighted by Crippen LogP contribution is 2.20. The molecule has 2 aromatic rings. The van der Waals surface area contributed by atoms with Gasteiger partial charge in [0, 0.05) is 12.0 Å². The van der Waals surface area contributed by atoms with Gasteiger partial charge in [-0.2, -0.15) is 0 Å². The summed E-state index contributed by atoms with van der Waals surface area (Å²) in [5.74, 6) is 0.933. The Morgan fingerprint density at radius 1 is 1.00 bits per heavy atom. The second-order valence-corrected chi connectivity index (χ2v) is 4.26. The van der Waals surface area contributed by atoms with Gasteiger partial charge in [0.15, 0.2) is 0 Å². The van der Waals surface area contributed by atoms with Gasteiger partial charge in [-0.25, -0.2) is 0 Å². The smallest absolute Gasteiger partial charge is 0.134 e. The van der Waals surface area contributed by atoms with Crippen LogP contribution in [0.4, 0.5) is 0 Å². The number of carbonyl (C=O) groups excluding carboxylic acids is 1. The zero-order valence-corrected chi connectivity index (χ0v) is 10.4. The Kier molecular flexibility index (Phi) is 4.13. The Balaban J connectivity index is 2.07. The SMILES string of the molecule is CC(=O)Cc1ccccc1OCc1ccccc1. The fourth-order valence-electron chi connectivity index (χ4n) is 1.79. The van der Waals surface area contributed by atoms with Crippen molar-refractivity contribution in [3.63, 3.8) is 0 Å². The number of para-hydroxylation sites is 1. The maximum absolute atomic E-state index is 11.2. The highest BCUT2D eigenvalue weighted by molar-refractivity contribution is 5.78. The Labute approximate surface area is 107 Å². The summed E-state index contributed by atoms with van der Waals surface area (Å²) < 4.78 is 5.77. The van der Waals surface area contributed by atoms with Crippen LogP contribution >= 0.6 is 0 Å². The lowest BCUT2D eigenvalue weighted by atomic mass is 10.1. The summed E-state index contributed by atoms with van der Waals surface area (Å²) in [6.45, 7) is 2.11. The van der Waals surface area contributed by atoms with E-state index in [4.69, 9.17) is 4.74 Å². The van der Waals surface area contributed by atoms with Gasteiger partial charge >= 0.3 is 0 Å². The summed E-state index contributed by atoms with van der Waals surface area (Å²) in [5, 5.41) is 0. The molecule has 18 heavy (non-hydrogen) atoms. The average molecular weight is 240 g/mol. The van der Waals surface area contributed by atoms with E-state index in [1.807, 2.05) is 54.6 Å². The van der Waals surface area contributed by atoms with Gasteiger partial charge in [0.25, 0.3) is 0 Å². The molecule has 0 aliphatic heterocycles. The first-order valence-corrected chi connectivity index (χ1v) is 6.00. The van der Waals surface area contributed by atoms with Crippen LogP contribution in [0.15, 0.2) is 54.6 Å². The van der Waals surface area contributed by atoms with Crippen molar-refractivity contribution in [3.8, 4) is 5.75 Å². The van der Waals surface area contributed by atoms with Crippen LogP contribution in [0.1, 0.15) is 18.1 Å². The van der Waals surface area contributed by atoms with Crippen LogP contribution in [-0.4, -0.2) is 5.78 Å². The molecule has 0 heterocycles. The molecule has 0 fully saturated rings. The van der Waals surface area contributed by atoms with Crippen molar-refractivity contribution in [3.05, 3.63) is 65.7 Å². The van der Waals surface area contributed by atoms with E-state index in [-0.39, 0.29) is 5.78 Å². The quantitative estimate of drug-likeness (QED) is 0.800.